The number of phenolic OH excluding ortho intramolecular Hbond substituents is 1. The Kier molecular flexibility index (Phi) is 3.90. The lowest BCUT2D eigenvalue weighted by Gasteiger charge is -2.37. The summed E-state index contributed by atoms with van der Waals surface area (Å²) in [7, 11) is 0. The molecule has 128 valence electrons. The van der Waals surface area contributed by atoms with Crippen molar-refractivity contribution in [2.45, 2.75) is 52.9 Å². The van der Waals surface area contributed by atoms with Crippen LogP contribution in [-0.2, 0) is 5.41 Å². The highest BCUT2D eigenvalue weighted by atomic mass is 16.3. The summed E-state index contributed by atoms with van der Waals surface area (Å²) in [5, 5.41) is 9.97. The number of hydrogen-bond acceptors (Lipinski definition) is 2. The molecule has 0 aliphatic heterocycles. The molecule has 1 aliphatic carbocycles. The molecule has 24 heavy (non-hydrogen) atoms. The van der Waals surface area contributed by atoms with Gasteiger partial charge in [-0.15, -0.1) is 0 Å². The smallest absolute Gasteiger partial charge is 0.118 e. The van der Waals surface area contributed by atoms with Crippen LogP contribution < -0.4 is 5.73 Å². The normalized spacial score (nSPS) is 25.8. The van der Waals surface area contributed by atoms with E-state index >= 15 is 0 Å². The summed E-state index contributed by atoms with van der Waals surface area (Å²) in [6.45, 7) is 11.2. The predicted octanol–water partition coefficient (Wildman–Crippen LogP) is 5.33. The number of rotatable bonds is 2. The largest absolute Gasteiger partial charge is 0.508 e. The minimum absolute atomic E-state index is 0.0274. The van der Waals surface area contributed by atoms with E-state index in [1.807, 2.05) is 19.1 Å². The fourth-order valence-corrected chi connectivity index (χ4v) is 4.83. The minimum Gasteiger partial charge on any atom is -0.508 e. The van der Waals surface area contributed by atoms with Gasteiger partial charge in [0.05, 0.1) is 0 Å². The molecule has 0 aromatic heterocycles. The number of nitrogens with two attached hydrogens (primary N) is 1. The van der Waals surface area contributed by atoms with Crippen LogP contribution in [0.15, 0.2) is 36.4 Å². The maximum Gasteiger partial charge on any atom is 0.118 e. The zero-order valence-corrected chi connectivity index (χ0v) is 15.5. The molecule has 2 unspecified atom stereocenters. The van der Waals surface area contributed by atoms with E-state index in [9.17, 15) is 5.11 Å². The lowest BCUT2D eigenvalue weighted by Crippen LogP contribution is -2.31. The topological polar surface area (TPSA) is 46.2 Å². The molecule has 0 heterocycles. The van der Waals surface area contributed by atoms with Crippen LogP contribution in [0.4, 0.5) is 5.69 Å². The molecular formula is C22H29NO. The zero-order valence-electron chi connectivity index (χ0n) is 15.5. The maximum absolute atomic E-state index is 9.97. The molecule has 2 aromatic carbocycles. The van der Waals surface area contributed by atoms with Crippen molar-refractivity contribution >= 4 is 5.69 Å². The summed E-state index contributed by atoms with van der Waals surface area (Å²) in [4.78, 5) is 0. The van der Waals surface area contributed by atoms with Crippen LogP contribution in [0.2, 0.25) is 0 Å². The first-order valence-electron chi connectivity index (χ1n) is 8.82. The van der Waals surface area contributed by atoms with Gasteiger partial charge in [0.25, 0.3) is 0 Å². The molecule has 1 aliphatic rings. The molecule has 0 spiro atoms. The van der Waals surface area contributed by atoms with Crippen molar-refractivity contribution in [1.29, 1.82) is 0 Å². The quantitative estimate of drug-likeness (QED) is 0.733. The van der Waals surface area contributed by atoms with Gasteiger partial charge < -0.3 is 10.8 Å². The fourth-order valence-electron chi connectivity index (χ4n) is 4.83. The second kappa shape index (κ2) is 5.54. The average Bonchev–Trinajstić information content (AvgIpc) is 2.75. The number of anilines is 1. The van der Waals surface area contributed by atoms with Crippen molar-refractivity contribution in [1.82, 2.24) is 0 Å². The summed E-state index contributed by atoms with van der Waals surface area (Å²) in [5.41, 5.74) is 11.9. The van der Waals surface area contributed by atoms with Crippen LogP contribution in [0.5, 0.6) is 5.75 Å². The predicted molar refractivity (Wildman–Crippen MR) is 101 cm³/mol. The first-order chi connectivity index (χ1) is 11.2. The van der Waals surface area contributed by atoms with Crippen molar-refractivity contribution < 1.29 is 5.11 Å². The van der Waals surface area contributed by atoms with E-state index in [0.717, 1.165) is 23.2 Å². The number of hydrogen-bond donors (Lipinski definition) is 2. The van der Waals surface area contributed by atoms with Gasteiger partial charge in [-0.25, -0.2) is 0 Å². The van der Waals surface area contributed by atoms with Gasteiger partial charge >= 0.3 is 0 Å². The van der Waals surface area contributed by atoms with Crippen molar-refractivity contribution in [2.75, 3.05) is 5.73 Å². The maximum atomic E-state index is 9.97. The third-order valence-electron chi connectivity index (χ3n) is 5.95. The molecule has 1 saturated carbocycles. The van der Waals surface area contributed by atoms with E-state index in [2.05, 4.69) is 52.0 Å². The van der Waals surface area contributed by atoms with Crippen molar-refractivity contribution in [3.63, 3.8) is 0 Å². The Balaban J connectivity index is 2.25. The monoisotopic (exact) mass is 323 g/mol. The van der Waals surface area contributed by atoms with E-state index in [1.165, 1.54) is 17.5 Å². The Labute approximate surface area is 145 Å². The van der Waals surface area contributed by atoms with Crippen LogP contribution in [0.25, 0.3) is 0 Å². The molecule has 2 atom stereocenters. The average molecular weight is 323 g/mol. The minimum atomic E-state index is -0.0274. The highest BCUT2D eigenvalue weighted by Crippen LogP contribution is 2.57. The van der Waals surface area contributed by atoms with E-state index in [-0.39, 0.29) is 5.41 Å². The van der Waals surface area contributed by atoms with Gasteiger partial charge in [-0.05, 0) is 72.4 Å². The zero-order chi connectivity index (χ0) is 17.7. The Hall–Kier alpha value is -1.96. The SMILES string of the molecule is Cc1cc(C2(c3ccc(O)c(C)c3)CC(C)(C)CC2C)ccc1N. The van der Waals surface area contributed by atoms with Gasteiger partial charge in [-0.3, -0.25) is 0 Å². The second-order valence-corrected chi connectivity index (χ2v) is 8.49. The molecular weight excluding hydrogens is 294 g/mol. The molecule has 2 heteroatoms. The van der Waals surface area contributed by atoms with Crippen LogP contribution in [-0.4, -0.2) is 5.11 Å². The Morgan fingerprint density at radius 3 is 2.08 bits per heavy atom. The first-order valence-corrected chi connectivity index (χ1v) is 8.82. The van der Waals surface area contributed by atoms with Gasteiger partial charge in [-0.1, -0.05) is 45.0 Å². The third-order valence-corrected chi connectivity index (χ3v) is 5.95. The molecule has 0 radical (unpaired) electrons. The van der Waals surface area contributed by atoms with Gasteiger partial charge in [0.1, 0.15) is 5.75 Å². The highest BCUT2D eigenvalue weighted by Gasteiger charge is 2.50. The van der Waals surface area contributed by atoms with Crippen LogP contribution in [0.1, 0.15) is 55.9 Å². The van der Waals surface area contributed by atoms with Gasteiger partial charge in [-0.2, -0.15) is 0 Å². The number of nitrogen functional groups attached to an aromatic ring is 1. The van der Waals surface area contributed by atoms with Crippen molar-refractivity contribution in [2.24, 2.45) is 11.3 Å². The lowest BCUT2D eigenvalue weighted by atomic mass is 9.66. The van der Waals surface area contributed by atoms with Gasteiger partial charge in [0, 0.05) is 11.1 Å². The summed E-state index contributed by atoms with van der Waals surface area (Å²) >= 11 is 0. The highest BCUT2D eigenvalue weighted by molar-refractivity contribution is 5.53. The van der Waals surface area contributed by atoms with Gasteiger partial charge in [0.15, 0.2) is 0 Å². The molecule has 0 saturated heterocycles. The standard InChI is InChI=1S/C22H29NO/c1-14-10-17(6-8-19(14)23)22(13-21(4,5)12-16(22)3)18-7-9-20(24)15(2)11-18/h6-11,16,24H,12-13,23H2,1-5H3. The van der Waals surface area contributed by atoms with E-state index in [0.29, 0.717) is 17.1 Å². The summed E-state index contributed by atoms with van der Waals surface area (Å²) in [6, 6.07) is 12.6. The molecule has 3 N–H and O–H groups in total. The summed E-state index contributed by atoms with van der Waals surface area (Å²) in [6.07, 6.45) is 2.30. The summed E-state index contributed by atoms with van der Waals surface area (Å²) < 4.78 is 0. The number of aryl methyl sites for hydroxylation is 2. The van der Waals surface area contributed by atoms with Crippen LogP contribution in [0, 0.1) is 25.2 Å². The number of aromatic hydroxyl groups is 1. The molecule has 0 bridgehead atoms. The lowest BCUT2D eigenvalue weighted by molar-refractivity contribution is 0.356. The molecule has 0 amide bonds. The van der Waals surface area contributed by atoms with E-state index in [4.69, 9.17) is 5.73 Å². The Morgan fingerprint density at radius 1 is 1.00 bits per heavy atom. The van der Waals surface area contributed by atoms with Crippen LogP contribution in [0.3, 0.4) is 0 Å². The first kappa shape index (κ1) is 16.9. The van der Waals surface area contributed by atoms with Gasteiger partial charge in [0.2, 0.25) is 0 Å². The molecule has 2 nitrogen and oxygen atoms in total. The summed E-state index contributed by atoms with van der Waals surface area (Å²) in [5.74, 6) is 0.895. The molecule has 2 aromatic rings. The Morgan fingerprint density at radius 2 is 1.58 bits per heavy atom. The second-order valence-electron chi connectivity index (χ2n) is 8.49. The number of benzene rings is 2. The van der Waals surface area contributed by atoms with E-state index in [1.54, 1.807) is 0 Å². The number of phenols is 1. The molecule has 3 rings (SSSR count). The Bertz CT molecular complexity index is 724. The van der Waals surface area contributed by atoms with Crippen molar-refractivity contribution in [3.8, 4) is 5.75 Å². The van der Waals surface area contributed by atoms with Crippen molar-refractivity contribution in [3.05, 3.63) is 58.7 Å². The van der Waals surface area contributed by atoms with Crippen LogP contribution >= 0.6 is 0 Å². The third kappa shape index (κ3) is 2.58. The van der Waals surface area contributed by atoms with E-state index < -0.39 is 0 Å². The molecule has 1 fully saturated rings. The fraction of sp³-hybridized carbons (Fsp3) is 0.455.